The highest BCUT2D eigenvalue weighted by Crippen LogP contribution is 2.11. The van der Waals surface area contributed by atoms with Gasteiger partial charge in [0, 0.05) is 24.1 Å². The van der Waals surface area contributed by atoms with Gasteiger partial charge in [-0.2, -0.15) is 4.37 Å². The van der Waals surface area contributed by atoms with Crippen molar-refractivity contribution in [3.05, 3.63) is 5.82 Å². The van der Waals surface area contributed by atoms with E-state index in [0.717, 1.165) is 17.4 Å². The van der Waals surface area contributed by atoms with Gasteiger partial charge in [-0.05, 0) is 13.3 Å². The Bertz CT molecular complexity index is 231. The Morgan fingerprint density at radius 3 is 2.83 bits per heavy atom. The van der Waals surface area contributed by atoms with E-state index in [0.29, 0.717) is 12.6 Å². The van der Waals surface area contributed by atoms with Crippen molar-refractivity contribution in [3.63, 3.8) is 0 Å². The average Bonchev–Trinajstić information content (AvgIpc) is 2.47. The fraction of sp³-hybridized carbons (Fsp3) is 0.714. The SMILES string of the molecule is CCC(CN)Nc1nc(C)ns1. The number of nitrogens with one attached hydrogen (secondary N) is 1. The van der Waals surface area contributed by atoms with Crippen molar-refractivity contribution in [2.45, 2.75) is 26.3 Å². The molecule has 3 N–H and O–H groups in total. The van der Waals surface area contributed by atoms with Gasteiger partial charge >= 0.3 is 0 Å². The minimum atomic E-state index is 0.317. The van der Waals surface area contributed by atoms with Gasteiger partial charge in [-0.1, -0.05) is 6.92 Å². The zero-order chi connectivity index (χ0) is 8.97. The third-order valence-corrected chi connectivity index (χ3v) is 2.37. The van der Waals surface area contributed by atoms with Crippen LogP contribution in [0.15, 0.2) is 0 Å². The van der Waals surface area contributed by atoms with Gasteiger partial charge < -0.3 is 11.1 Å². The summed E-state index contributed by atoms with van der Waals surface area (Å²) in [6, 6.07) is 0.317. The molecule has 1 aromatic rings. The molecule has 1 rings (SSSR count). The predicted octanol–water partition coefficient (Wildman–Crippen LogP) is 0.996. The third-order valence-electron chi connectivity index (χ3n) is 1.63. The van der Waals surface area contributed by atoms with Crippen molar-refractivity contribution < 1.29 is 0 Å². The molecule has 0 saturated carbocycles. The maximum absolute atomic E-state index is 5.53. The minimum Gasteiger partial charge on any atom is -0.356 e. The van der Waals surface area contributed by atoms with Gasteiger partial charge in [-0.25, -0.2) is 4.98 Å². The fourth-order valence-corrected chi connectivity index (χ4v) is 1.51. The van der Waals surface area contributed by atoms with Gasteiger partial charge in [0.2, 0.25) is 5.13 Å². The number of rotatable bonds is 4. The Balaban J connectivity index is 2.50. The Labute approximate surface area is 76.4 Å². The molecule has 12 heavy (non-hydrogen) atoms. The molecule has 1 unspecified atom stereocenters. The average molecular weight is 186 g/mol. The number of nitrogens with zero attached hydrogens (tertiary/aromatic N) is 2. The molecule has 0 spiro atoms. The van der Waals surface area contributed by atoms with Crippen molar-refractivity contribution in [2.24, 2.45) is 5.73 Å². The molecule has 4 nitrogen and oxygen atoms in total. The van der Waals surface area contributed by atoms with Crippen LogP contribution in [-0.4, -0.2) is 21.9 Å². The van der Waals surface area contributed by atoms with Gasteiger partial charge in [0.15, 0.2) is 0 Å². The van der Waals surface area contributed by atoms with E-state index in [1.54, 1.807) is 0 Å². The lowest BCUT2D eigenvalue weighted by Gasteiger charge is -2.12. The van der Waals surface area contributed by atoms with Crippen LogP contribution < -0.4 is 11.1 Å². The second-order valence-corrected chi connectivity index (χ2v) is 3.38. The molecule has 0 radical (unpaired) electrons. The Kier molecular flexibility index (Phi) is 3.43. The summed E-state index contributed by atoms with van der Waals surface area (Å²) in [4.78, 5) is 4.19. The van der Waals surface area contributed by atoms with Crippen LogP contribution in [0.3, 0.4) is 0 Å². The summed E-state index contributed by atoms with van der Waals surface area (Å²) in [6.07, 6.45) is 1.01. The van der Waals surface area contributed by atoms with E-state index in [4.69, 9.17) is 5.73 Å². The monoisotopic (exact) mass is 186 g/mol. The first kappa shape index (κ1) is 9.41. The van der Waals surface area contributed by atoms with E-state index in [1.165, 1.54) is 11.5 Å². The van der Waals surface area contributed by atoms with E-state index in [9.17, 15) is 0 Å². The summed E-state index contributed by atoms with van der Waals surface area (Å²) in [6.45, 7) is 4.61. The lowest BCUT2D eigenvalue weighted by Crippen LogP contribution is -2.27. The second-order valence-electron chi connectivity index (χ2n) is 2.63. The van der Waals surface area contributed by atoms with Gasteiger partial charge in [-0.15, -0.1) is 0 Å². The number of aryl methyl sites for hydroxylation is 1. The van der Waals surface area contributed by atoms with E-state index in [1.807, 2.05) is 6.92 Å². The van der Waals surface area contributed by atoms with Crippen molar-refractivity contribution in [1.82, 2.24) is 9.36 Å². The van der Waals surface area contributed by atoms with Gasteiger partial charge in [0.1, 0.15) is 5.82 Å². The van der Waals surface area contributed by atoms with E-state index < -0.39 is 0 Å². The van der Waals surface area contributed by atoms with E-state index >= 15 is 0 Å². The maximum atomic E-state index is 5.53. The predicted molar refractivity (Wildman–Crippen MR) is 51.4 cm³/mol. The highest BCUT2D eigenvalue weighted by Gasteiger charge is 2.05. The first-order valence-corrected chi connectivity index (χ1v) is 4.80. The molecule has 0 aliphatic rings. The van der Waals surface area contributed by atoms with Crippen LogP contribution in [0.25, 0.3) is 0 Å². The van der Waals surface area contributed by atoms with Crippen molar-refractivity contribution in [1.29, 1.82) is 0 Å². The van der Waals surface area contributed by atoms with Crippen LogP contribution >= 0.6 is 11.5 Å². The van der Waals surface area contributed by atoms with Crippen molar-refractivity contribution in [2.75, 3.05) is 11.9 Å². The van der Waals surface area contributed by atoms with Crippen molar-refractivity contribution >= 4 is 16.7 Å². The number of hydrogen-bond donors (Lipinski definition) is 2. The molecule has 1 aromatic heterocycles. The van der Waals surface area contributed by atoms with Crippen LogP contribution in [0.5, 0.6) is 0 Å². The van der Waals surface area contributed by atoms with Gasteiger partial charge in [0.05, 0.1) is 0 Å². The minimum absolute atomic E-state index is 0.317. The Morgan fingerprint density at radius 1 is 1.67 bits per heavy atom. The van der Waals surface area contributed by atoms with Crippen LogP contribution in [0.2, 0.25) is 0 Å². The quantitative estimate of drug-likeness (QED) is 0.736. The number of nitrogens with two attached hydrogens (primary N) is 1. The standard InChI is InChI=1S/C7H14N4S/c1-3-6(4-8)10-7-9-5(2)11-12-7/h6H,3-4,8H2,1-2H3,(H,9,10,11). The normalized spacial score (nSPS) is 12.9. The topological polar surface area (TPSA) is 63.8 Å². The molecule has 0 aliphatic heterocycles. The molecule has 0 amide bonds. The van der Waals surface area contributed by atoms with Crippen LogP contribution in [0.4, 0.5) is 5.13 Å². The molecular formula is C7H14N4S. The molecule has 5 heteroatoms. The molecule has 0 saturated heterocycles. The summed E-state index contributed by atoms with van der Waals surface area (Å²) in [7, 11) is 0. The summed E-state index contributed by atoms with van der Waals surface area (Å²) in [5.74, 6) is 0.814. The third kappa shape index (κ3) is 2.42. The second kappa shape index (κ2) is 4.37. The molecule has 0 fully saturated rings. The fourth-order valence-electron chi connectivity index (χ4n) is 0.858. The van der Waals surface area contributed by atoms with Crippen LogP contribution in [-0.2, 0) is 0 Å². The zero-order valence-electron chi connectivity index (χ0n) is 7.37. The molecule has 0 aromatic carbocycles. The summed E-state index contributed by atoms with van der Waals surface area (Å²) < 4.78 is 4.07. The lowest BCUT2D eigenvalue weighted by atomic mass is 10.2. The van der Waals surface area contributed by atoms with Crippen molar-refractivity contribution in [3.8, 4) is 0 Å². The largest absolute Gasteiger partial charge is 0.356 e. The van der Waals surface area contributed by atoms with Gasteiger partial charge in [-0.3, -0.25) is 0 Å². The highest BCUT2D eigenvalue weighted by molar-refractivity contribution is 7.09. The number of anilines is 1. The summed E-state index contributed by atoms with van der Waals surface area (Å²) >= 11 is 1.38. The maximum Gasteiger partial charge on any atom is 0.202 e. The molecule has 1 atom stereocenters. The first-order valence-electron chi connectivity index (χ1n) is 4.03. The van der Waals surface area contributed by atoms with Gasteiger partial charge in [0.25, 0.3) is 0 Å². The highest BCUT2D eigenvalue weighted by atomic mass is 32.1. The smallest absolute Gasteiger partial charge is 0.202 e. The number of hydrogen-bond acceptors (Lipinski definition) is 5. The zero-order valence-corrected chi connectivity index (χ0v) is 8.19. The number of aromatic nitrogens is 2. The Morgan fingerprint density at radius 2 is 2.42 bits per heavy atom. The van der Waals surface area contributed by atoms with Crippen LogP contribution in [0, 0.1) is 6.92 Å². The molecule has 0 aliphatic carbocycles. The molecule has 1 heterocycles. The summed E-state index contributed by atoms with van der Waals surface area (Å²) in [5.41, 5.74) is 5.53. The van der Waals surface area contributed by atoms with E-state index in [2.05, 4.69) is 21.6 Å². The molecular weight excluding hydrogens is 172 g/mol. The van der Waals surface area contributed by atoms with E-state index in [-0.39, 0.29) is 0 Å². The Hall–Kier alpha value is -0.680. The first-order chi connectivity index (χ1) is 5.76. The summed E-state index contributed by atoms with van der Waals surface area (Å²) in [5, 5.41) is 4.08. The van der Waals surface area contributed by atoms with Crippen LogP contribution in [0.1, 0.15) is 19.2 Å². The molecule has 0 bridgehead atoms. The lowest BCUT2D eigenvalue weighted by molar-refractivity contribution is 0.702. The molecule has 68 valence electrons.